The number of primary amides is 1. The molecule has 3 N–H and O–H groups in total. The lowest BCUT2D eigenvalue weighted by Gasteiger charge is -2.17. The van der Waals surface area contributed by atoms with Crippen LogP contribution in [0.15, 0.2) is 4.40 Å². The van der Waals surface area contributed by atoms with Gasteiger partial charge in [0.05, 0.1) is 11.7 Å². The molecule has 1 aliphatic carbocycles. The predicted molar refractivity (Wildman–Crippen MR) is 72.8 cm³/mol. The zero-order valence-corrected chi connectivity index (χ0v) is 11.7. The molecule has 1 fully saturated rings. The van der Waals surface area contributed by atoms with Gasteiger partial charge in [0.25, 0.3) is 10.0 Å². The molecule has 7 nitrogen and oxygen atoms in total. The predicted octanol–water partition coefficient (Wildman–Crippen LogP) is -0.497. The molecule has 1 aliphatic rings. The lowest BCUT2D eigenvalue weighted by atomic mass is 9.81. The van der Waals surface area contributed by atoms with E-state index in [4.69, 9.17) is 1.41 Å². The number of carbonyl (C=O) groups is 2. The van der Waals surface area contributed by atoms with Gasteiger partial charge in [-0.15, -0.1) is 0 Å². The maximum absolute atomic E-state index is 11.6. The fourth-order valence-electron chi connectivity index (χ4n) is 1.90. The van der Waals surface area contributed by atoms with Crippen molar-refractivity contribution in [2.45, 2.75) is 32.6 Å². The lowest BCUT2D eigenvalue weighted by Crippen LogP contribution is -2.43. The molecule has 2 amide bonds. The molecule has 0 aromatic rings. The Labute approximate surface area is 114 Å². The molecule has 9 heteroatoms. The molecular weight excluding hydrogens is 269 g/mol. The molecule has 0 saturated heterocycles. The molecule has 19 heavy (non-hydrogen) atoms. The Bertz CT molecular complexity index is 523. The van der Waals surface area contributed by atoms with E-state index < -0.39 is 27.9 Å². The third kappa shape index (κ3) is 4.34. The Morgan fingerprint density at radius 2 is 2.26 bits per heavy atom. The van der Waals surface area contributed by atoms with E-state index in [1.54, 1.807) is 12.5 Å². The van der Waals surface area contributed by atoms with Crippen molar-refractivity contribution in [1.82, 2.24) is 5.32 Å². The number of amides is 2. The van der Waals surface area contributed by atoms with Crippen molar-refractivity contribution in [3.8, 4) is 0 Å². The Morgan fingerprint density at radius 1 is 1.58 bits per heavy atom. The summed E-state index contributed by atoms with van der Waals surface area (Å²) >= 11 is 0. The van der Waals surface area contributed by atoms with Crippen LogP contribution < -0.4 is 11.0 Å². The van der Waals surface area contributed by atoms with Crippen LogP contribution in [0.3, 0.4) is 0 Å². The maximum Gasteiger partial charge on any atom is 0.252 e. The highest BCUT2D eigenvalue weighted by molar-refractivity contribution is 7.90. The summed E-state index contributed by atoms with van der Waals surface area (Å²) < 4.78 is 33.5. The zero-order valence-electron chi connectivity index (χ0n) is 11.8. The maximum atomic E-state index is 11.6. The average molecular weight is 287 g/mol. The van der Waals surface area contributed by atoms with Crippen molar-refractivity contribution in [2.24, 2.45) is 16.0 Å². The van der Waals surface area contributed by atoms with Crippen LogP contribution in [0.4, 0.5) is 4.79 Å². The van der Waals surface area contributed by atoms with Gasteiger partial charge in [-0.25, -0.2) is 8.42 Å². The number of nitrogens with one attached hydrogen (secondary N) is 1. The topological polar surface area (TPSA) is 119 Å². The van der Waals surface area contributed by atoms with Gasteiger partial charge in [0, 0.05) is 24.6 Å². The third-order valence-corrected chi connectivity index (χ3v) is 4.22. The third-order valence-electron chi connectivity index (χ3n) is 2.96. The SMILES string of the molecule is [2H]NC(=O)[C@H]1CC(=NS(=O)(=O)CC)C[C@@H]1NC(=O)[B]C. The van der Waals surface area contributed by atoms with E-state index in [-0.39, 0.29) is 24.4 Å². The molecule has 0 unspecified atom stereocenters. The second-order valence-corrected chi connectivity index (χ2v) is 6.23. The molecular formula is C10H17BN3O4S. The van der Waals surface area contributed by atoms with Gasteiger partial charge in [0.1, 0.15) is 0 Å². The highest BCUT2D eigenvalue weighted by Gasteiger charge is 2.36. The number of sulfonamides is 1. The van der Waals surface area contributed by atoms with Gasteiger partial charge < -0.3 is 11.0 Å². The smallest absolute Gasteiger partial charge is 0.252 e. The van der Waals surface area contributed by atoms with Crippen LogP contribution in [0.1, 0.15) is 19.8 Å². The van der Waals surface area contributed by atoms with E-state index in [1.807, 2.05) is 0 Å². The van der Waals surface area contributed by atoms with Gasteiger partial charge in [-0.2, -0.15) is 4.40 Å². The largest absolute Gasteiger partial charge is 0.369 e. The second kappa shape index (κ2) is 6.18. The van der Waals surface area contributed by atoms with Crippen LogP contribution in [0.25, 0.3) is 0 Å². The number of nitrogens with two attached hydrogens (primary N) is 1. The van der Waals surface area contributed by atoms with Gasteiger partial charge in [0.15, 0.2) is 7.22 Å². The minimum absolute atomic E-state index is 0.119. The van der Waals surface area contributed by atoms with Crippen LogP contribution in [0, 0.1) is 5.92 Å². The zero-order chi connectivity index (χ0) is 15.3. The highest BCUT2D eigenvalue weighted by Crippen LogP contribution is 2.24. The first kappa shape index (κ1) is 14.0. The number of rotatable bonds is 5. The number of nitrogens with zero attached hydrogens (tertiary/aromatic N) is 1. The number of hydrogen-bond donors (Lipinski definition) is 2. The minimum Gasteiger partial charge on any atom is -0.369 e. The summed E-state index contributed by atoms with van der Waals surface area (Å²) in [4.78, 5) is 23.0. The van der Waals surface area contributed by atoms with Crippen molar-refractivity contribution >= 4 is 34.7 Å². The van der Waals surface area contributed by atoms with Gasteiger partial charge in [0.2, 0.25) is 13.2 Å². The lowest BCUT2D eigenvalue weighted by molar-refractivity contribution is -0.121. The van der Waals surface area contributed by atoms with Crippen molar-refractivity contribution in [2.75, 3.05) is 5.75 Å². The molecule has 1 radical (unpaired) electrons. The summed E-state index contributed by atoms with van der Waals surface area (Å²) in [5.41, 5.74) is 2.12. The number of hydrogen-bond acceptors (Lipinski definition) is 4. The van der Waals surface area contributed by atoms with Gasteiger partial charge in [-0.1, -0.05) is 6.82 Å². The van der Waals surface area contributed by atoms with Crippen LogP contribution in [0.2, 0.25) is 8.23 Å². The van der Waals surface area contributed by atoms with Crippen molar-refractivity contribution < 1.29 is 19.4 Å². The first-order valence-electron chi connectivity index (χ1n) is 6.44. The van der Waals surface area contributed by atoms with Crippen molar-refractivity contribution in [3.05, 3.63) is 0 Å². The molecule has 0 aromatic heterocycles. The standard InChI is InChI=1S/C10H17BN3O4S/c1-3-19(17,18)14-6-4-7(9(12)15)8(5-6)13-10(16)11-2/h7-8H,3-5H2,1-2H3,(H2,12,15)(H,13,16)/t7-,8-/m0/s1/i/hD. The quantitative estimate of drug-likeness (QED) is 0.662. The van der Waals surface area contributed by atoms with Gasteiger partial charge in [-0.3, -0.25) is 9.59 Å². The van der Waals surface area contributed by atoms with Crippen LogP contribution in [0.5, 0.6) is 0 Å². The fourth-order valence-corrected chi connectivity index (χ4v) is 2.58. The van der Waals surface area contributed by atoms with Gasteiger partial charge >= 0.3 is 0 Å². The molecule has 0 spiro atoms. The van der Waals surface area contributed by atoms with E-state index in [9.17, 15) is 18.0 Å². The molecule has 0 aliphatic heterocycles. The average Bonchev–Trinajstić information content (AvgIpc) is 2.79. The monoisotopic (exact) mass is 287 g/mol. The van der Waals surface area contributed by atoms with Gasteiger partial charge in [-0.05, 0) is 6.92 Å². The molecule has 1 saturated carbocycles. The normalized spacial score (nSPS) is 25.8. The summed E-state index contributed by atoms with van der Waals surface area (Å²) in [5.74, 6) is -1.71. The van der Waals surface area contributed by atoms with E-state index >= 15 is 0 Å². The Hall–Kier alpha value is -1.38. The molecule has 0 aromatic carbocycles. The molecule has 1 rings (SSSR count). The van der Waals surface area contributed by atoms with E-state index in [2.05, 4.69) is 9.71 Å². The second-order valence-electron chi connectivity index (χ2n) is 4.31. The summed E-state index contributed by atoms with van der Waals surface area (Å²) in [5, 5.41) is 2.61. The summed E-state index contributed by atoms with van der Waals surface area (Å²) in [6.07, 6.45) is 0.315. The molecule has 0 bridgehead atoms. The first-order chi connectivity index (χ1) is 9.32. The fraction of sp³-hybridized carbons (Fsp3) is 0.700. The Kier molecular flexibility index (Phi) is 4.57. The summed E-state index contributed by atoms with van der Waals surface area (Å²) in [6, 6.07) is -0.546. The molecule has 0 heterocycles. The Balaban J connectivity index is 2.93. The van der Waals surface area contributed by atoms with Crippen LogP contribution >= 0.6 is 0 Å². The van der Waals surface area contributed by atoms with E-state index in [0.29, 0.717) is 5.71 Å². The van der Waals surface area contributed by atoms with Crippen LogP contribution in [-0.4, -0.2) is 44.9 Å². The molecule has 2 atom stereocenters. The van der Waals surface area contributed by atoms with Crippen molar-refractivity contribution in [1.29, 1.82) is 0 Å². The van der Waals surface area contributed by atoms with Crippen LogP contribution in [-0.2, 0) is 14.8 Å². The first-order valence-corrected chi connectivity index (χ1v) is 7.55. The number of carbonyl (C=O) groups excluding carboxylic acids is 2. The van der Waals surface area contributed by atoms with E-state index in [0.717, 1.165) is 0 Å². The summed E-state index contributed by atoms with van der Waals surface area (Å²) in [7, 11) is -2.21. The summed E-state index contributed by atoms with van der Waals surface area (Å²) in [6.45, 7) is 3.04. The van der Waals surface area contributed by atoms with E-state index in [1.165, 1.54) is 14.2 Å². The Morgan fingerprint density at radius 3 is 2.79 bits per heavy atom. The molecule has 105 valence electrons. The minimum atomic E-state index is -3.53. The highest BCUT2D eigenvalue weighted by atomic mass is 32.2. The van der Waals surface area contributed by atoms with Crippen molar-refractivity contribution in [3.63, 3.8) is 0 Å².